The molecule has 0 saturated heterocycles. The Morgan fingerprint density at radius 3 is 1.73 bits per heavy atom. The largest absolute Gasteiger partial charge is 0.389 e. The van der Waals surface area contributed by atoms with Crippen molar-refractivity contribution in [3.8, 4) is 0 Å². The highest BCUT2D eigenvalue weighted by Gasteiger charge is 2.25. The molecule has 0 aromatic carbocycles. The first-order valence-electron chi connectivity index (χ1n) is 5.74. The van der Waals surface area contributed by atoms with Crippen LogP contribution in [0, 0.1) is 0 Å². The molecule has 15 heavy (non-hydrogen) atoms. The molecule has 90 valence electrons. The van der Waals surface area contributed by atoms with Crippen LogP contribution in [0.1, 0.15) is 57.8 Å². The Labute approximate surface area is 90.6 Å². The minimum atomic E-state index is -3.97. The van der Waals surface area contributed by atoms with Crippen LogP contribution in [0.3, 0.4) is 0 Å². The number of allylic oxidation sites excluding steroid dienone is 1. The summed E-state index contributed by atoms with van der Waals surface area (Å²) in [6, 6.07) is 0. The molecule has 0 nitrogen and oxygen atoms in total. The molecule has 3 heteroatoms. The van der Waals surface area contributed by atoms with E-state index in [1.807, 2.05) is 6.08 Å². The van der Waals surface area contributed by atoms with Gasteiger partial charge in [0.15, 0.2) is 0 Å². The van der Waals surface area contributed by atoms with Gasteiger partial charge in [-0.15, -0.1) is 6.58 Å². The first-order valence-corrected chi connectivity index (χ1v) is 5.74. The van der Waals surface area contributed by atoms with Gasteiger partial charge in [0.05, 0.1) is 0 Å². The Bertz CT molecular complexity index is 149. The highest BCUT2D eigenvalue weighted by Crippen LogP contribution is 2.23. The lowest BCUT2D eigenvalue weighted by atomic mass is 10.1. The molecule has 0 fully saturated rings. The molecular formula is C12H21F3. The lowest BCUT2D eigenvalue weighted by Gasteiger charge is -2.05. The van der Waals surface area contributed by atoms with Gasteiger partial charge in [-0.1, -0.05) is 38.2 Å². The summed E-state index contributed by atoms with van der Waals surface area (Å²) in [7, 11) is 0. The van der Waals surface area contributed by atoms with E-state index in [2.05, 4.69) is 6.58 Å². The van der Waals surface area contributed by atoms with Crippen molar-refractivity contribution in [3.63, 3.8) is 0 Å². The van der Waals surface area contributed by atoms with Crippen molar-refractivity contribution in [2.24, 2.45) is 0 Å². The van der Waals surface area contributed by atoms with Crippen molar-refractivity contribution >= 4 is 0 Å². The molecule has 0 aliphatic carbocycles. The maximum absolute atomic E-state index is 11.8. The van der Waals surface area contributed by atoms with Crippen LogP contribution >= 0.6 is 0 Å². The summed E-state index contributed by atoms with van der Waals surface area (Å²) >= 11 is 0. The molecule has 0 N–H and O–H groups in total. The quantitative estimate of drug-likeness (QED) is 0.369. The van der Waals surface area contributed by atoms with Crippen molar-refractivity contribution < 1.29 is 13.2 Å². The average Bonchev–Trinajstić information content (AvgIpc) is 2.14. The average molecular weight is 222 g/mol. The van der Waals surface area contributed by atoms with Gasteiger partial charge >= 0.3 is 6.18 Å². The van der Waals surface area contributed by atoms with Crippen molar-refractivity contribution in [2.75, 3.05) is 0 Å². The van der Waals surface area contributed by atoms with Crippen LogP contribution in [-0.4, -0.2) is 6.18 Å². The second kappa shape index (κ2) is 8.81. The van der Waals surface area contributed by atoms with Crippen LogP contribution in [0.2, 0.25) is 0 Å². The van der Waals surface area contributed by atoms with Crippen LogP contribution in [0.15, 0.2) is 12.7 Å². The maximum atomic E-state index is 11.8. The Balaban J connectivity index is 3.02. The standard InChI is InChI=1S/C12H21F3/c1-2-3-4-5-6-7-8-9-10-11-12(13,14)15/h2H,1,3-11H2. The van der Waals surface area contributed by atoms with E-state index in [0.717, 1.165) is 32.1 Å². The van der Waals surface area contributed by atoms with Gasteiger partial charge < -0.3 is 0 Å². The fraction of sp³-hybridized carbons (Fsp3) is 0.833. The van der Waals surface area contributed by atoms with E-state index in [1.165, 1.54) is 6.42 Å². The van der Waals surface area contributed by atoms with Gasteiger partial charge in [-0.25, -0.2) is 0 Å². The molecule has 0 rings (SSSR count). The smallest absolute Gasteiger partial charge is 0.171 e. The molecule has 0 bridgehead atoms. The van der Waals surface area contributed by atoms with Crippen molar-refractivity contribution in [2.45, 2.75) is 64.0 Å². The van der Waals surface area contributed by atoms with Gasteiger partial charge in [0.2, 0.25) is 0 Å². The van der Waals surface area contributed by atoms with E-state index in [1.54, 1.807) is 0 Å². The van der Waals surface area contributed by atoms with Gasteiger partial charge in [-0.2, -0.15) is 13.2 Å². The fourth-order valence-corrected chi connectivity index (χ4v) is 1.50. The van der Waals surface area contributed by atoms with Crippen LogP contribution in [0.5, 0.6) is 0 Å². The minimum absolute atomic E-state index is 0.288. The molecule has 0 unspecified atom stereocenters. The summed E-state index contributed by atoms with van der Waals surface area (Å²) in [5.74, 6) is 0. The van der Waals surface area contributed by atoms with Crippen molar-refractivity contribution in [1.82, 2.24) is 0 Å². The highest BCUT2D eigenvalue weighted by molar-refractivity contribution is 4.65. The Morgan fingerprint density at radius 2 is 1.27 bits per heavy atom. The number of rotatable bonds is 9. The maximum Gasteiger partial charge on any atom is 0.389 e. The van der Waals surface area contributed by atoms with E-state index in [0.29, 0.717) is 6.42 Å². The first-order chi connectivity index (χ1) is 7.06. The van der Waals surface area contributed by atoms with Crippen molar-refractivity contribution in [3.05, 3.63) is 12.7 Å². The second-order valence-corrected chi connectivity index (χ2v) is 3.92. The summed E-state index contributed by atoms with van der Waals surface area (Å²) in [5.41, 5.74) is 0. The molecule has 0 aliphatic rings. The van der Waals surface area contributed by atoms with Gasteiger partial charge in [-0.05, 0) is 19.3 Å². The molecule has 0 heterocycles. The Hall–Kier alpha value is -0.470. The zero-order valence-electron chi connectivity index (χ0n) is 9.28. The van der Waals surface area contributed by atoms with E-state index in [-0.39, 0.29) is 6.42 Å². The van der Waals surface area contributed by atoms with Gasteiger partial charge in [-0.3, -0.25) is 0 Å². The molecule has 0 aliphatic heterocycles. The third kappa shape index (κ3) is 13.5. The fourth-order valence-electron chi connectivity index (χ4n) is 1.50. The SMILES string of the molecule is C=CCCCCCCCCCC(F)(F)F. The second-order valence-electron chi connectivity index (χ2n) is 3.92. The van der Waals surface area contributed by atoms with Crippen LogP contribution in [0.25, 0.3) is 0 Å². The lowest BCUT2D eigenvalue weighted by molar-refractivity contribution is -0.135. The van der Waals surface area contributed by atoms with E-state index in [9.17, 15) is 13.2 Å². The van der Waals surface area contributed by atoms with Crippen LogP contribution in [0.4, 0.5) is 13.2 Å². The summed E-state index contributed by atoms with van der Waals surface area (Å²) in [6.07, 6.45) is 4.83. The highest BCUT2D eigenvalue weighted by atomic mass is 19.4. The number of alkyl halides is 3. The zero-order valence-corrected chi connectivity index (χ0v) is 9.28. The topological polar surface area (TPSA) is 0 Å². The number of hydrogen-bond donors (Lipinski definition) is 0. The predicted octanol–water partition coefficient (Wildman–Crippen LogP) is 5.25. The van der Waals surface area contributed by atoms with E-state index < -0.39 is 12.6 Å². The third-order valence-corrected chi connectivity index (χ3v) is 2.37. The third-order valence-electron chi connectivity index (χ3n) is 2.37. The summed E-state index contributed by atoms with van der Waals surface area (Å²) in [6.45, 7) is 3.64. The van der Waals surface area contributed by atoms with Crippen molar-refractivity contribution in [1.29, 1.82) is 0 Å². The summed E-state index contributed by atoms with van der Waals surface area (Å²) < 4.78 is 35.3. The normalized spacial score (nSPS) is 11.7. The molecular weight excluding hydrogens is 201 g/mol. The molecule has 0 radical (unpaired) electrons. The molecule has 0 spiro atoms. The van der Waals surface area contributed by atoms with Gasteiger partial charge in [0.1, 0.15) is 0 Å². The van der Waals surface area contributed by atoms with Crippen LogP contribution < -0.4 is 0 Å². The predicted molar refractivity (Wildman–Crippen MR) is 57.8 cm³/mol. The first kappa shape index (κ1) is 14.5. The zero-order chi connectivity index (χ0) is 11.6. The minimum Gasteiger partial charge on any atom is -0.171 e. The molecule has 0 amide bonds. The number of halogens is 3. The lowest BCUT2D eigenvalue weighted by Crippen LogP contribution is -2.06. The summed E-state index contributed by atoms with van der Waals surface area (Å²) in [5, 5.41) is 0. The molecule has 0 aromatic rings. The van der Waals surface area contributed by atoms with Gasteiger partial charge in [0.25, 0.3) is 0 Å². The number of unbranched alkanes of at least 4 members (excludes halogenated alkanes) is 7. The van der Waals surface area contributed by atoms with E-state index >= 15 is 0 Å². The van der Waals surface area contributed by atoms with Crippen LogP contribution in [-0.2, 0) is 0 Å². The molecule has 0 atom stereocenters. The Morgan fingerprint density at radius 1 is 0.800 bits per heavy atom. The Kier molecular flexibility index (Phi) is 8.53. The summed E-state index contributed by atoms with van der Waals surface area (Å²) in [4.78, 5) is 0. The number of hydrogen-bond acceptors (Lipinski definition) is 0. The molecule has 0 saturated carbocycles. The molecule has 0 aromatic heterocycles. The van der Waals surface area contributed by atoms with E-state index in [4.69, 9.17) is 0 Å². The van der Waals surface area contributed by atoms with Gasteiger partial charge in [0, 0.05) is 6.42 Å². The monoisotopic (exact) mass is 222 g/mol.